The maximum absolute atomic E-state index is 9.18. The van der Waals surface area contributed by atoms with Crippen LogP contribution in [-0.2, 0) is 4.74 Å². The second-order valence-electron chi connectivity index (χ2n) is 4.98. The van der Waals surface area contributed by atoms with E-state index in [-0.39, 0.29) is 17.8 Å². The minimum atomic E-state index is -0.318. The van der Waals surface area contributed by atoms with Crippen LogP contribution in [0.5, 0.6) is 0 Å². The molecule has 2 unspecified atom stereocenters. The van der Waals surface area contributed by atoms with Crippen LogP contribution in [0.1, 0.15) is 40.5 Å². The van der Waals surface area contributed by atoms with E-state index in [1.807, 2.05) is 6.92 Å². The lowest BCUT2D eigenvalue weighted by atomic mass is 9.81. The molecule has 12 heavy (non-hydrogen) atoms. The van der Waals surface area contributed by atoms with Gasteiger partial charge in [0.2, 0.25) is 0 Å². The minimum Gasteiger partial charge on any atom is -0.393 e. The molecule has 1 saturated heterocycles. The van der Waals surface area contributed by atoms with E-state index in [9.17, 15) is 5.11 Å². The number of hydrogen-bond donors (Lipinski definition) is 1. The highest BCUT2D eigenvalue weighted by Gasteiger charge is 2.39. The number of aliphatic hydroxyl groups excluding tert-OH is 1. The molecule has 0 aromatic rings. The molecule has 1 heterocycles. The predicted molar refractivity (Wildman–Crippen MR) is 49.1 cm³/mol. The van der Waals surface area contributed by atoms with Gasteiger partial charge in [-0.2, -0.15) is 0 Å². The minimum absolute atomic E-state index is 0.0743. The van der Waals surface area contributed by atoms with Gasteiger partial charge in [-0.1, -0.05) is 6.92 Å². The van der Waals surface area contributed by atoms with Gasteiger partial charge >= 0.3 is 0 Å². The summed E-state index contributed by atoms with van der Waals surface area (Å²) in [6.45, 7) is 8.52. The third-order valence-corrected chi connectivity index (χ3v) is 2.48. The Bertz CT molecular complexity index is 165. The summed E-state index contributed by atoms with van der Waals surface area (Å²) in [6.07, 6.45) is 2.05. The van der Waals surface area contributed by atoms with Crippen molar-refractivity contribution in [3.8, 4) is 0 Å². The maximum Gasteiger partial charge on any atom is 0.0893 e. The molecule has 0 amide bonds. The average molecular weight is 172 g/mol. The molecule has 72 valence electrons. The first-order valence-corrected chi connectivity index (χ1v) is 4.68. The highest BCUT2D eigenvalue weighted by atomic mass is 16.5. The van der Waals surface area contributed by atoms with Crippen LogP contribution >= 0.6 is 0 Å². The normalized spacial score (nSPS) is 41.2. The first kappa shape index (κ1) is 10.0. The SMILES string of the molecule is CC1CC(C)(C)OC(C)(CO)C1. The van der Waals surface area contributed by atoms with Crippen molar-refractivity contribution in [2.45, 2.75) is 51.7 Å². The van der Waals surface area contributed by atoms with Crippen LogP contribution in [0.25, 0.3) is 0 Å². The van der Waals surface area contributed by atoms with E-state index >= 15 is 0 Å². The highest BCUT2D eigenvalue weighted by molar-refractivity contribution is 4.89. The second-order valence-corrected chi connectivity index (χ2v) is 4.98. The average Bonchev–Trinajstić information content (AvgIpc) is 1.82. The zero-order valence-corrected chi connectivity index (χ0v) is 8.55. The fourth-order valence-corrected chi connectivity index (χ4v) is 2.50. The molecule has 2 nitrogen and oxygen atoms in total. The molecule has 0 aromatic heterocycles. The van der Waals surface area contributed by atoms with Crippen LogP contribution in [0.2, 0.25) is 0 Å². The van der Waals surface area contributed by atoms with Crippen molar-refractivity contribution in [1.82, 2.24) is 0 Å². The van der Waals surface area contributed by atoms with Gasteiger partial charge in [-0.3, -0.25) is 0 Å². The van der Waals surface area contributed by atoms with Gasteiger partial charge in [-0.15, -0.1) is 0 Å². The third kappa shape index (κ3) is 2.20. The van der Waals surface area contributed by atoms with Crippen LogP contribution in [0.3, 0.4) is 0 Å². The summed E-state index contributed by atoms with van der Waals surface area (Å²) >= 11 is 0. The number of aliphatic hydroxyl groups is 1. The Morgan fingerprint density at radius 2 is 1.92 bits per heavy atom. The van der Waals surface area contributed by atoms with Gasteiger partial charge in [0.05, 0.1) is 17.8 Å². The van der Waals surface area contributed by atoms with E-state index in [2.05, 4.69) is 20.8 Å². The zero-order chi connectivity index (χ0) is 9.41. The van der Waals surface area contributed by atoms with E-state index in [1.54, 1.807) is 0 Å². The summed E-state index contributed by atoms with van der Waals surface area (Å²) in [6, 6.07) is 0. The molecular weight excluding hydrogens is 152 g/mol. The van der Waals surface area contributed by atoms with Gasteiger partial charge < -0.3 is 9.84 Å². The summed E-state index contributed by atoms with van der Waals surface area (Å²) in [7, 11) is 0. The largest absolute Gasteiger partial charge is 0.393 e. The lowest BCUT2D eigenvalue weighted by Gasteiger charge is -2.45. The maximum atomic E-state index is 9.18. The molecule has 1 aliphatic heterocycles. The Hall–Kier alpha value is -0.0800. The monoisotopic (exact) mass is 172 g/mol. The van der Waals surface area contributed by atoms with E-state index < -0.39 is 0 Å². The molecule has 0 spiro atoms. The van der Waals surface area contributed by atoms with E-state index in [0.717, 1.165) is 12.8 Å². The zero-order valence-electron chi connectivity index (χ0n) is 8.55. The molecule has 1 rings (SSSR count). The fourth-order valence-electron chi connectivity index (χ4n) is 2.50. The molecule has 1 fully saturated rings. The van der Waals surface area contributed by atoms with Gasteiger partial charge in [0.1, 0.15) is 0 Å². The van der Waals surface area contributed by atoms with Crippen LogP contribution < -0.4 is 0 Å². The van der Waals surface area contributed by atoms with Crippen molar-refractivity contribution in [2.24, 2.45) is 5.92 Å². The lowest BCUT2D eigenvalue weighted by molar-refractivity contribution is -0.194. The van der Waals surface area contributed by atoms with Crippen LogP contribution in [0.4, 0.5) is 0 Å². The van der Waals surface area contributed by atoms with Gasteiger partial charge in [0, 0.05) is 0 Å². The van der Waals surface area contributed by atoms with Gasteiger partial charge in [0.25, 0.3) is 0 Å². The fraction of sp³-hybridized carbons (Fsp3) is 1.00. The van der Waals surface area contributed by atoms with Crippen LogP contribution in [0.15, 0.2) is 0 Å². The quantitative estimate of drug-likeness (QED) is 0.655. The van der Waals surface area contributed by atoms with Gasteiger partial charge in [-0.25, -0.2) is 0 Å². The number of rotatable bonds is 1. The van der Waals surface area contributed by atoms with Crippen molar-refractivity contribution in [1.29, 1.82) is 0 Å². The number of ether oxygens (including phenoxy) is 1. The van der Waals surface area contributed by atoms with E-state index in [1.165, 1.54) is 0 Å². The van der Waals surface area contributed by atoms with Crippen molar-refractivity contribution in [3.63, 3.8) is 0 Å². The third-order valence-electron chi connectivity index (χ3n) is 2.48. The topological polar surface area (TPSA) is 29.5 Å². The molecule has 2 heteroatoms. The summed E-state index contributed by atoms with van der Waals surface area (Å²) in [5.41, 5.74) is -0.393. The first-order valence-electron chi connectivity index (χ1n) is 4.68. The summed E-state index contributed by atoms with van der Waals surface area (Å²) in [4.78, 5) is 0. The van der Waals surface area contributed by atoms with E-state index in [4.69, 9.17) is 4.74 Å². The van der Waals surface area contributed by atoms with Gasteiger partial charge in [0.15, 0.2) is 0 Å². The van der Waals surface area contributed by atoms with Crippen molar-refractivity contribution >= 4 is 0 Å². The highest BCUT2D eigenvalue weighted by Crippen LogP contribution is 2.37. The summed E-state index contributed by atoms with van der Waals surface area (Å²) < 4.78 is 5.83. The van der Waals surface area contributed by atoms with Crippen LogP contribution in [-0.4, -0.2) is 22.9 Å². The molecule has 0 bridgehead atoms. The first-order chi connectivity index (χ1) is 5.37. The molecule has 0 aromatic carbocycles. The second kappa shape index (κ2) is 3.00. The molecule has 1 N–H and O–H groups in total. The lowest BCUT2D eigenvalue weighted by Crippen LogP contribution is -2.48. The van der Waals surface area contributed by atoms with Crippen LogP contribution in [0, 0.1) is 5.92 Å². The molecule has 0 radical (unpaired) electrons. The summed E-state index contributed by atoms with van der Waals surface area (Å²) in [5.74, 6) is 0.644. The van der Waals surface area contributed by atoms with Crippen molar-refractivity contribution in [3.05, 3.63) is 0 Å². The standard InChI is InChI=1S/C10H20O2/c1-8-5-9(2,3)12-10(4,6-8)7-11/h8,11H,5-7H2,1-4H3. The van der Waals surface area contributed by atoms with E-state index in [0.29, 0.717) is 5.92 Å². The predicted octanol–water partition coefficient (Wildman–Crippen LogP) is 1.96. The van der Waals surface area contributed by atoms with Crippen molar-refractivity contribution in [2.75, 3.05) is 6.61 Å². The smallest absolute Gasteiger partial charge is 0.0893 e. The van der Waals surface area contributed by atoms with Crippen molar-refractivity contribution < 1.29 is 9.84 Å². The Kier molecular flexibility index (Phi) is 2.50. The molecule has 2 atom stereocenters. The summed E-state index contributed by atoms with van der Waals surface area (Å²) in [5, 5.41) is 9.18. The molecule has 0 aliphatic carbocycles. The molecule has 0 saturated carbocycles. The molecule has 1 aliphatic rings. The Morgan fingerprint density at radius 3 is 2.33 bits per heavy atom. The Labute approximate surface area is 74.9 Å². The molecular formula is C10H20O2. The Morgan fingerprint density at radius 1 is 1.33 bits per heavy atom. The number of hydrogen-bond acceptors (Lipinski definition) is 2. The van der Waals surface area contributed by atoms with Gasteiger partial charge in [-0.05, 0) is 39.5 Å². The Balaban J connectivity index is 2.70.